The minimum Gasteiger partial charge on any atom is -0.383 e. The van der Waals surface area contributed by atoms with Crippen molar-refractivity contribution in [2.45, 2.75) is 38.5 Å². The molecule has 19 heavy (non-hydrogen) atoms. The maximum Gasteiger partial charge on any atom is 0.0587 e. The van der Waals surface area contributed by atoms with E-state index in [2.05, 4.69) is 43.4 Å². The predicted molar refractivity (Wildman–Crippen MR) is 80.6 cm³/mol. The lowest BCUT2D eigenvalue weighted by Crippen LogP contribution is -2.41. The minimum absolute atomic E-state index is 0.319. The summed E-state index contributed by atoms with van der Waals surface area (Å²) in [5, 5.41) is 3.59. The second-order valence-electron chi connectivity index (χ2n) is 5.99. The molecule has 1 aliphatic rings. The molecule has 0 bridgehead atoms. The second kappa shape index (κ2) is 6.53. The molecule has 0 spiro atoms. The Bertz CT molecular complexity index is 404. The van der Waals surface area contributed by atoms with Gasteiger partial charge in [-0.15, -0.1) is 0 Å². The Kier molecular flexibility index (Phi) is 5.00. The maximum atomic E-state index is 5.13. The summed E-state index contributed by atoms with van der Waals surface area (Å²) in [6.07, 6.45) is 4.00. The molecule has 0 aromatic heterocycles. The molecule has 0 heterocycles. The average Bonchev–Trinajstić information content (AvgIpc) is 2.77. The monoisotopic (exact) mass is 261 g/mol. The molecule has 2 atom stereocenters. The van der Waals surface area contributed by atoms with Gasteiger partial charge in [0.2, 0.25) is 0 Å². The normalized spacial score (nSPS) is 26.8. The van der Waals surface area contributed by atoms with Crippen LogP contribution in [0.3, 0.4) is 0 Å². The molecular formula is C17H27NO. The van der Waals surface area contributed by atoms with E-state index in [1.165, 1.54) is 30.4 Å². The van der Waals surface area contributed by atoms with Crippen LogP contribution < -0.4 is 5.32 Å². The molecule has 2 rings (SSSR count). The van der Waals surface area contributed by atoms with E-state index in [1.54, 1.807) is 7.11 Å². The first-order valence-corrected chi connectivity index (χ1v) is 7.46. The van der Waals surface area contributed by atoms with Gasteiger partial charge in [-0.2, -0.15) is 0 Å². The molecule has 1 aliphatic carbocycles. The van der Waals surface area contributed by atoms with Crippen molar-refractivity contribution in [2.75, 3.05) is 26.8 Å². The van der Waals surface area contributed by atoms with E-state index in [9.17, 15) is 0 Å². The Morgan fingerprint density at radius 2 is 2.26 bits per heavy atom. The molecule has 1 aromatic carbocycles. The molecule has 2 nitrogen and oxygen atoms in total. The van der Waals surface area contributed by atoms with Crippen molar-refractivity contribution in [3.05, 3.63) is 35.4 Å². The standard InChI is InChI=1S/C17H27NO/c1-14-6-4-8-16(12-14)17(9-5-7-15(17)2)13-18-10-11-19-3/h4,6,8,12,15,18H,5,7,9-11,13H2,1-3H3. The maximum absolute atomic E-state index is 5.13. The topological polar surface area (TPSA) is 21.3 Å². The summed E-state index contributed by atoms with van der Waals surface area (Å²) in [6, 6.07) is 9.08. The van der Waals surface area contributed by atoms with Crippen LogP contribution in [0.1, 0.15) is 37.3 Å². The molecular weight excluding hydrogens is 234 g/mol. The van der Waals surface area contributed by atoms with Gasteiger partial charge in [-0.05, 0) is 31.2 Å². The zero-order valence-electron chi connectivity index (χ0n) is 12.5. The highest BCUT2D eigenvalue weighted by molar-refractivity contribution is 5.32. The summed E-state index contributed by atoms with van der Waals surface area (Å²) in [5.41, 5.74) is 3.20. The fourth-order valence-electron chi connectivity index (χ4n) is 3.48. The van der Waals surface area contributed by atoms with Gasteiger partial charge < -0.3 is 10.1 Å². The van der Waals surface area contributed by atoms with Crippen molar-refractivity contribution in [3.8, 4) is 0 Å². The van der Waals surface area contributed by atoms with E-state index < -0.39 is 0 Å². The van der Waals surface area contributed by atoms with Gasteiger partial charge in [0.15, 0.2) is 0 Å². The van der Waals surface area contributed by atoms with Crippen molar-refractivity contribution in [1.82, 2.24) is 5.32 Å². The second-order valence-corrected chi connectivity index (χ2v) is 5.99. The number of rotatable bonds is 6. The average molecular weight is 261 g/mol. The lowest BCUT2D eigenvalue weighted by Gasteiger charge is -2.35. The van der Waals surface area contributed by atoms with Crippen LogP contribution >= 0.6 is 0 Å². The van der Waals surface area contributed by atoms with Crippen LogP contribution in [0.5, 0.6) is 0 Å². The summed E-state index contributed by atoms with van der Waals surface area (Å²) < 4.78 is 5.13. The van der Waals surface area contributed by atoms with Crippen LogP contribution in [0.15, 0.2) is 24.3 Å². The molecule has 0 radical (unpaired) electrons. The van der Waals surface area contributed by atoms with Crippen LogP contribution in [-0.4, -0.2) is 26.8 Å². The fourth-order valence-corrected chi connectivity index (χ4v) is 3.48. The molecule has 0 saturated heterocycles. The number of methoxy groups -OCH3 is 1. The van der Waals surface area contributed by atoms with Gasteiger partial charge in [0, 0.05) is 25.6 Å². The van der Waals surface area contributed by atoms with E-state index in [4.69, 9.17) is 4.74 Å². The Labute approximate surface area is 117 Å². The third-order valence-corrected chi connectivity index (χ3v) is 4.72. The summed E-state index contributed by atoms with van der Waals surface area (Å²) >= 11 is 0. The highest BCUT2D eigenvalue weighted by atomic mass is 16.5. The summed E-state index contributed by atoms with van der Waals surface area (Å²) in [4.78, 5) is 0. The quantitative estimate of drug-likeness (QED) is 0.793. The smallest absolute Gasteiger partial charge is 0.0587 e. The van der Waals surface area contributed by atoms with Crippen molar-refractivity contribution in [3.63, 3.8) is 0 Å². The van der Waals surface area contributed by atoms with E-state index in [-0.39, 0.29) is 0 Å². The van der Waals surface area contributed by atoms with Crippen LogP contribution in [0.4, 0.5) is 0 Å². The van der Waals surface area contributed by atoms with Crippen molar-refractivity contribution in [2.24, 2.45) is 5.92 Å². The van der Waals surface area contributed by atoms with Gasteiger partial charge in [-0.3, -0.25) is 0 Å². The summed E-state index contributed by atoms with van der Waals surface area (Å²) in [5.74, 6) is 0.754. The Balaban J connectivity index is 2.15. The van der Waals surface area contributed by atoms with Crippen LogP contribution in [0, 0.1) is 12.8 Å². The van der Waals surface area contributed by atoms with Crippen molar-refractivity contribution >= 4 is 0 Å². The molecule has 1 saturated carbocycles. The van der Waals surface area contributed by atoms with E-state index in [0.29, 0.717) is 5.41 Å². The number of benzene rings is 1. The molecule has 0 amide bonds. The predicted octanol–water partition coefficient (Wildman–Crippen LogP) is 3.29. The van der Waals surface area contributed by atoms with E-state index in [0.717, 1.165) is 25.6 Å². The van der Waals surface area contributed by atoms with Crippen molar-refractivity contribution in [1.29, 1.82) is 0 Å². The van der Waals surface area contributed by atoms with Gasteiger partial charge in [0.25, 0.3) is 0 Å². The van der Waals surface area contributed by atoms with Gasteiger partial charge in [0.1, 0.15) is 0 Å². The first kappa shape index (κ1) is 14.5. The third kappa shape index (κ3) is 3.18. The van der Waals surface area contributed by atoms with Crippen molar-refractivity contribution < 1.29 is 4.74 Å². The lowest BCUT2D eigenvalue weighted by atomic mass is 9.72. The highest BCUT2D eigenvalue weighted by Gasteiger charge is 2.41. The zero-order chi connectivity index (χ0) is 13.7. The van der Waals surface area contributed by atoms with Gasteiger partial charge in [0.05, 0.1) is 6.61 Å². The van der Waals surface area contributed by atoms with Gasteiger partial charge >= 0.3 is 0 Å². The van der Waals surface area contributed by atoms with Crippen LogP contribution in [0.25, 0.3) is 0 Å². The molecule has 1 fully saturated rings. The summed E-state index contributed by atoms with van der Waals surface area (Å²) in [7, 11) is 1.76. The minimum atomic E-state index is 0.319. The highest BCUT2D eigenvalue weighted by Crippen LogP contribution is 2.45. The molecule has 106 valence electrons. The van der Waals surface area contributed by atoms with Crippen LogP contribution in [-0.2, 0) is 10.2 Å². The SMILES string of the molecule is COCCNCC1(c2cccc(C)c2)CCCC1C. The lowest BCUT2D eigenvalue weighted by molar-refractivity contribution is 0.194. The number of ether oxygens (including phenoxy) is 1. The largest absolute Gasteiger partial charge is 0.383 e. The number of hydrogen-bond acceptors (Lipinski definition) is 2. The first-order valence-electron chi connectivity index (χ1n) is 7.46. The van der Waals surface area contributed by atoms with E-state index in [1.807, 2.05) is 0 Å². The van der Waals surface area contributed by atoms with Crippen LogP contribution in [0.2, 0.25) is 0 Å². The summed E-state index contributed by atoms with van der Waals surface area (Å²) in [6.45, 7) is 7.40. The first-order chi connectivity index (χ1) is 9.19. The fraction of sp³-hybridized carbons (Fsp3) is 0.647. The van der Waals surface area contributed by atoms with Gasteiger partial charge in [-0.25, -0.2) is 0 Å². The molecule has 2 heteroatoms. The number of aryl methyl sites for hydroxylation is 1. The Morgan fingerprint density at radius 3 is 2.89 bits per heavy atom. The Morgan fingerprint density at radius 1 is 1.42 bits per heavy atom. The Hall–Kier alpha value is -0.860. The zero-order valence-corrected chi connectivity index (χ0v) is 12.5. The molecule has 1 aromatic rings. The third-order valence-electron chi connectivity index (χ3n) is 4.72. The van der Waals surface area contributed by atoms with E-state index >= 15 is 0 Å². The number of hydrogen-bond donors (Lipinski definition) is 1. The molecule has 0 aliphatic heterocycles. The molecule has 2 unspecified atom stereocenters. The molecule has 1 N–H and O–H groups in total. The van der Waals surface area contributed by atoms with Gasteiger partial charge in [-0.1, -0.05) is 43.2 Å². The number of nitrogens with one attached hydrogen (secondary N) is 1.